The fourth-order valence-corrected chi connectivity index (χ4v) is 4.13. The average Bonchev–Trinajstić information content (AvgIpc) is 2.77. The summed E-state index contributed by atoms with van der Waals surface area (Å²) in [6, 6.07) is -3.87. The minimum Gasteiger partial charge on any atom is -0.480 e. The van der Waals surface area contributed by atoms with E-state index in [4.69, 9.17) is 15.3 Å². The topological polar surface area (TPSA) is 199 Å². The van der Waals surface area contributed by atoms with Crippen molar-refractivity contribution in [3.8, 4) is 0 Å². The number of thiol groups is 3. The van der Waals surface area contributed by atoms with E-state index >= 15 is 0 Å². The maximum atomic E-state index is 12.7. The Kier molecular flexibility index (Phi) is 11.9. The van der Waals surface area contributed by atoms with Crippen LogP contribution in [0.5, 0.6) is 0 Å². The van der Waals surface area contributed by atoms with Crippen molar-refractivity contribution in [3.05, 3.63) is 0 Å². The molecule has 0 aromatic rings. The Hall–Kier alpha value is -2.13. The number of carboxylic acids is 3. The van der Waals surface area contributed by atoms with E-state index in [0.717, 1.165) is 0 Å². The van der Waals surface area contributed by atoms with Gasteiger partial charge < -0.3 is 31.3 Å². The Labute approximate surface area is 205 Å². The Morgan fingerprint density at radius 2 is 0.788 bits per heavy atom. The second-order valence-corrected chi connectivity index (χ2v) is 8.64. The zero-order valence-corrected chi connectivity index (χ0v) is 20.0. The van der Waals surface area contributed by atoms with Gasteiger partial charge in [0, 0.05) is 35.0 Å². The lowest BCUT2D eigenvalue weighted by Crippen LogP contribution is -2.52. The molecule has 1 aliphatic carbocycles. The van der Waals surface area contributed by atoms with Gasteiger partial charge >= 0.3 is 17.9 Å². The zero-order chi connectivity index (χ0) is 25.3. The fourth-order valence-electron chi connectivity index (χ4n) is 3.39. The molecule has 1 aliphatic rings. The number of aliphatic carboxylic acids is 3. The summed E-state index contributed by atoms with van der Waals surface area (Å²) in [5.41, 5.74) is 0. The number of hydrogen-bond donors (Lipinski definition) is 9. The molecule has 15 heteroatoms. The van der Waals surface area contributed by atoms with Gasteiger partial charge in [-0.3, -0.25) is 14.4 Å². The first-order valence-electron chi connectivity index (χ1n) is 9.87. The van der Waals surface area contributed by atoms with E-state index in [9.17, 15) is 28.8 Å². The molecule has 1 saturated carbocycles. The van der Waals surface area contributed by atoms with Crippen LogP contribution in [0.15, 0.2) is 0 Å². The first-order chi connectivity index (χ1) is 15.4. The zero-order valence-electron chi connectivity index (χ0n) is 17.3. The molecule has 3 atom stereocenters. The van der Waals surface area contributed by atoms with Gasteiger partial charge in [0.1, 0.15) is 18.1 Å². The van der Waals surface area contributed by atoms with E-state index in [2.05, 4.69) is 53.8 Å². The second kappa shape index (κ2) is 13.5. The molecule has 1 fully saturated rings. The molecule has 12 nitrogen and oxygen atoms in total. The third-order valence-corrected chi connectivity index (χ3v) is 6.31. The van der Waals surface area contributed by atoms with Gasteiger partial charge in [0.25, 0.3) is 0 Å². The van der Waals surface area contributed by atoms with Crippen molar-refractivity contribution in [2.24, 2.45) is 17.8 Å². The highest BCUT2D eigenvalue weighted by Crippen LogP contribution is 2.34. The molecule has 0 radical (unpaired) electrons. The predicted molar refractivity (Wildman–Crippen MR) is 125 cm³/mol. The van der Waals surface area contributed by atoms with E-state index in [0.29, 0.717) is 0 Å². The molecule has 0 spiro atoms. The molecular weight excluding hydrogens is 498 g/mol. The van der Waals surface area contributed by atoms with Crippen molar-refractivity contribution >= 4 is 73.5 Å². The van der Waals surface area contributed by atoms with Crippen LogP contribution in [0.4, 0.5) is 0 Å². The van der Waals surface area contributed by atoms with Gasteiger partial charge in [-0.1, -0.05) is 0 Å². The van der Waals surface area contributed by atoms with Crippen molar-refractivity contribution in [2.75, 3.05) is 17.3 Å². The molecule has 0 aliphatic heterocycles. The van der Waals surface area contributed by atoms with E-state index in [-0.39, 0.29) is 36.5 Å². The molecule has 33 heavy (non-hydrogen) atoms. The minimum atomic E-state index is -1.31. The van der Waals surface area contributed by atoms with Crippen LogP contribution in [-0.2, 0) is 28.8 Å². The molecule has 0 aromatic carbocycles. The van der Waals surface area contributed by atoms with Crippen molar-refractivity contribution in [1.82, 2.24) is 16.0 Å². The van der Waals surface area contributed by atoms with Crippen LogP contribution in [0.1, 0.15) is 19.3 Å². The van der Waals surface area contributed by atoms with Crippen LogP contribution in [0.2, 0.25) is 0 Å². The van der Waals surface area contributed by atoms with Gasteiger partial charge in [0.2, 0.25) is 17.7 Å². The Morgan fingerprint density at radius 3 is 0.939 bits per heavy atom. The molecular formula is C18H27N3O9S3. The summed E-state index contributed by atoms with van der Waals surface area (Å²) in [5, 5.41) is 34.3. The molecule has 6 N–H and O–H groups in total. The smallest absolute Gasteiger partial charge is 0.327 e. The summed E-state index contributed by atoms with van der Waals surface area (Å²) >= 11 is 11.6. The fraction of sp³-hybridized carbons (Fsp3) is 0.667. The molecule has 0 saturated heterocycles. The van der Waals surface area contributed by atoms with Gasteiger partial charge in [0.05, 0.1) is 0 Å². The molecule has 3 amide bonds. The molecule has 0 unspecified atom stereocenters. The minimum absolute atomic E-state index is 0.0613. The van der Waals surface area contributed by atoms with E-state index in [1.54, 1.807) is 0 Å². The third-order valence-electron chi connectivity index (χ3n) is 5.21. The Bertz CT molecular complexity index is 677. The quantitative estimate of drug-likeness (QED) is 0.136. The molecule has 0 heterocycles. The highest BCUT2D eigenvalue weighted by Gasteiger charge is 2.41. The highest BCUT2D eigenvalue weighted by atomic mass is 32.1. The van der Waals surface area contributed by atoms with E-state index in [1.807, 2.05) is 0 Å². The molecule has 0 aromatic heterocycles. The summed E-state index contributed by atoms with van der Waals surface area (Å²) in [4.78, 5) is 71.7. The first-order valence-corrected chi connectivity index (χ1v) is 11.8. The number of amides is 3. The number of carbonyl (C=O) groups is 6. The van der Waals surface area contributed by atoms with Crippen LogP contribution < -0.4 is 16.0 Å². The molecule has 186 valence electrons. The van der Waals surface area contributed by atoms with Crippen molar-refractivity contribution in [2.45, 2.75) is 37.4 Å². The molecule has 0 bridgehead atoms. The predicted octanol–water partition coefficient (Wildman–Crippen LogP) is -1.48. The number of rotatable bonds is 12. The Balaban J connectivity index is 3.09. The van der Waals surface area contributed by atoms with Gasteiger partial charge in [-0.15, -0.1) is 0 Å². The van der Waals surface area contributed by atoms with Crippen molar-refractivity contribution in [1.29, 1.82) is 0 Å². The summed E-state index contributed by atoms with van der Waals surface area (Å²) in [7, 11) is 0. The van der Waals surface area contributed by atoms with E-state index in [1.165, 1.54) is 0 Å². The van der Waals surface area contributed by atoms with Gasteiger partial charge in [-0.05, 0) is 19.3 Å². The monoisotopic (exact) mass is 525 g/mol. The maximum absolute atomic E-state index is 12.7. The van der Waals surface area contributed by atoms with Crippen LogP contribution in [0.25, 0.3) is 0 Å². The van der Waals surface area contributed by atoms with Crippen molar-refractivity contribution < 1.29 is 44.1 Å². The van der Waals surface area contributed by atoms with Gasteiger partial charge in [-0.2, -0.15) is 37.9 Å². The van der Waals surface area contributed by atoms with Gasteiger partial charge in [0.15, 0.2) is 0 Å². The lowest BCUT2D eigenvalue weighted by atomic mass is 9.73. The normalized spacial score (nSPS) is 22.8. The molecule has 1 rings (SSSR count). The average molecular weight is 526 g/mol. The van der Waals surface area contributed by atoms with Crippen LogP contribution in [0, 0.1) is 17.8 Å². The van der Waals surface area contributed by atoms with Crippen molar-refractivity contribution in [3.63, 3.8) is 0 Å². The summed E-state index contributed by atoms with van der Waals surface area (Å²) in [6.07, 6.45) is -0.184. The highest BCUT2D eigenvalue weighted by molar-refractivity contribution is 7.80. The summed E-state index contributed by atoms with van der Waals surface area (Å²) < 4.78 is 0. The van der Waals surface area contributed by atoms with Crippen LogP contribution in [-0.4, -0.2) is 86.3 Å². The number of hydrogen-bond acceptors (Lipinski definition) is 9. The summed E-state index contributed by atoms with van der Waals surface area (Å²) in [5.74, 6) is -9.48. The second-order valence-electron chi connectivity index (χ2n) is 7.54. The number of nitrogens with one attached hydrogen (secondary N) is 3. The van der Waals surface area contributed by atoms with Gasteiger partial charge in [-0.25, -0.2) is 14.4 Å². The first kappa shape index (κ1) is 28.9. The lowest BCUT2D eigenvalue weighted by molar-refractivity contribution is -0.145. The SMILES string of the molecule is O=C(N[C@@H](CS)C(=O)O)C1CC(C(=O)N[C@@H](CS)C(=O)O)CC(C(=O)N[C@@H](CS)C(=O)O)C1. The number of carboxylic acid groups (broad SMARTS) is 3. The third kappa shape index (κ3) is 8.62. The maximum Gasteiger partial charge on any atom is 0.327 e. The van der Waals surface area contributed by atoms with Crippen LogP contribution in [0.3, 0.4) is 0 Å². The van der Waals surface area contributed by atoms with Crippen LogP contribution >= 0.6 is 37.9 Å². The largest absolute Gasteiger partial charge is 0.480 e. The number of carbonyl (C=O) groups excluding carboxylic acids is 3. The van der Waals surface area contributed by atoms with E-state index < -0.39 is 71.5 Å². The standard InChI is InChI=1S/C18H27N3O9S3/c22-13(19-10(4-31)16(25)26)7-1-8(14(23)20-11(5-32)17(27)28)3-9(2-7)15(24)21-12(6-33)18(29)30/h7-12,31-33H,1-6H2,(H,19,22)(H,20,23)(H,21,24)(H,25,26)(H,27,28)(H,29,30)/t7?,8?,9?,10-,11-,12-/m0/s1. The summed E-state index contributed by atoms with van der Waals surface area (Å²) in [6.45, 7) is 0. The Morgan fingerprint density at radius 1 is 0.576 bits per heavy atom. The lowest BCUT2D eigenvalue weighted by Gasteiger charge is -2.34.